The Bertz CT molecular complexity index is 695. The third-order valence-electron chi connectivity index (χ3n) is 3.17. The Labute approximate surface area is 127 Å². The lowest BCUT2D eigenvalue weighted by atomic mass is 10.3. The van der Waals surface area contributed by atoms with E-state index in [0.717, 1.165) is 11.3 Å². The lowest BCUT2D eigenvalue weighted by Gasteiger charge is -2.04. The van der Waals surface area contributed by atoms with Crippen molar-refractivity contribution in [3.8, 4) is 0 Å². The molecule has 1 fully saturated rings. The van der Waals surface area contributed by atoms with Crippen molar-refractivity contribution in [2.24, 2.45) is 5.92 Å². The molecule has 0 radical (unpaired) electrons. The van der Waals surface area contributed by atoms with Crippen molar-refractivity contribution >= 4 is 43.2 Å². The SMILES string of the molecule is CC.Nc1ccc2c(sc(=O)n2CC2CC2(F)F)c1Br. The third-order valence-corrected chi connectivity index (χ3v) is 5.29. The number of anilines is 1. The molecule has 1 aromatic heterocycles. The van der Waals surface area contributed by atoms with Gasteiger partial charge in [0, 0.05) is 24.6 Å². The molecule has 3 nitrogen and oxygen atoms in total. The number of halogens is 3. The maximum Gasteiger partial charge on any atom is 0.308 e. The van der Waals surface area contributed by atoms with E-state index in [-0.39, 0.29) is 17.8 Å². The topological polar surface area (TPSA) is 48.0 Å². The standard InChI is InChI=1S/C11H9BrF2N2OS.C2H6/c12-8-6(15)1-2-7-9(8)18-10(17)16(7)4-5-3-11(5,13)14;1-2/h1-2,5H,3-4,15H2;1-2H3. The number of nitrogens with two attached hydrogens (primary N) is 1. The van der Waals surface area contributed by atoms with Crippen molar-refractivity contribution in [2.75, 3.05) is 5.73 Å². The zero-order valence-corrected chi connectivity index (χ0v) is 13.5. The summed E-state index contributed by atoms with van der Waals surface area (Å²) < 4.78 is 28.6. The molecule has 1 aromatic carbocycles. The fourth-order valence-electron chi connectivity index (χ4n) is 1.97. The summed E-state index contributed by atoms with van der Waals surface area (Å²) in [4.78, 5) is 11.6. The summed E-state index contributed by atoms with van der Waals surface area (Å²) in [6, 6.07) is 3.37. The van der Waals surface area contributed by atoms with Gasteiger partial charge in [-0.25, -0.2) is 8.78 Å². The van der Waals surface area contributed by atoms with Crippen molar-refractivity contribution in [1.29, 1.82) is 0 Å². The second kappa shape index (κ2) is 5.44. The van der Waals surface area contributed by atoms with Crippen LogP contribution in [0.5, 0.6) is 0 Å². The molecule has 0 amide bonds. The highest BCUT2D eigenvalue weighted by Gasteiger charge is 2.56. The molecule has 1 unspecified atom stereocenters. The van der Waals surface area contributed by atoms with E-state index >= 15 is 0 Å². The lowest BCUT2D eigenvalue weighted by molar-refractivity contribution is 0.0953. The van der Waals surface area contributed by atoms with Crippen LogP contribution < -0.4 is 10.6 Å². The molecule has 1 heterocycles. The lowest BCUT2D eigenvalue weighted by Crippen LogP contribution is -2.15. The van der Waals surface area contributed by atoms with E-state index in [1.807, 2.05) is 13.8 Å². The number of hydrogen-bond donors (Lipinski definition) is 1. The highest BCUT2D eigenvalue weighted by molar-refractivity contribution is 9.10. The number of nitrogen functional groups attached to an aromatic ring is 1. The molecule has 0 spiro atoms. The fourth-order valence-corrected chi connectivity index (χ4v) is 3.50. The molecule has 3 rings (SSSR count). The van der Waals surface area contributed by atoms with E-state index in [1.54, 1.807) is 12.1 Å². The minimum atomic E-state index is -2.61. The largest absolute Gasteiger partial charge is 0.398 e. The molecule has 7 heteroatoms. The van der Waals surface area contributed by atoms with Gasteiger partial charge < -0.3 is 5.73 Å². The number of hydrogen-bond acceptors (Lipinski definition) is 3. The summed E-state index contributed by atoms with van der Waals surface area (Å²) >= 11 is 4.34. The van der Waals surface area contributed by atoms with Gasteiger partial charge in [-0.15, -0.1) is 0 Å². The fraction of sp³-hybridized carbons (Fsp3) is 0.462. The summed E-state index contributed by atoms with van der Waals surface area (Å²) in [5.41, 5.74) is 6.93. The average Bonchev–Trinajstić information content (AvgIpc) is 2.88. The van der Waals surface area contributed by atoms with Gasteiger partial charge in [0.25, 0.3) is 5.92 Å². The summed E-state index contributed by atoms with van der Waals surface area (Å²) in [5.74, 6) is -3.33. The molecule has 1 atom stereocenters. The van der Waals surface area contributed by atoms with Crippen LogP contribution in [0, 0.1) is 5.92 Å². The number of thiazole rings is 1. The number of fused-ring (bicyclic) bond motifs is 1. The Morgan fingerprint density at radius 1 is 1.50 bits per heavy atom. The Hall–Kier alpha value is -0.950. The van der Waals surface area contributed by atoms with Gasteiger partial charge in [0.1, 0.15) is 0 Å². The zero-order chi connectivity index (χ0) is 15.1. The van der Waals surface area contributed by atoms with Gasteiger partial charge in [-0.3, -0.25) is 9.36 Å². The zero-order valence-electron chi connectivity index (χ0n) is 11.1. The number of benzene rings is 1. The molecule has 1 saturated carbocycles. The molecule has 0 aliphatic heterocycles. The van der Waals surface area contributed by atoms with Gasteiger partial charge in [-0.2, -0.15) is 0 Å². The molecular formula is C13H15BrF2N2OS. The first-order valence-electron chi connectivity index (χ1n) is 6.35. The quantitative estimate of drug-likeness (QED) is 0.815. The van der Waals surface area contributed by atoms with Crippen LogP contribution in [0.2, 0.25) is 0 Å². The van der Waals surface area contributed by atoms with Crippen molar-refractivity contribution in [3.63, 3.8) is 0 Å². The van der Waals surface area contributed by atoms with Crippen molar-refractivity contribution in [3.05, 3.63) is 26.3 Å². The summed E-state index contributed by atoms with van der Waals surface area (Å²) in [6.45, 7) is 4.07. The first-order valence-corrected chi connectivity index (χ1v) is 7.96. The molecule has 20 heavy (non-hydrogen) atoms. The van der Waals surface area contributed by atoms with Crippen LogP contribution >= 0.6 is 27.3 Å². The minimum absolute atomic E-state index is 0.0716. The van der Waals surface area contributed by atoms with Crippen LogP contribution in [0.1, 0.15) is 20.3 Å². The molecule has 1 aliphatic rings. The highest BCUT2D eigenvalue weighted by Crippen LogP contribution is 2.49. The van der Waals surface area contributed by atoms with E-state index in [9.17, 15) is 13.6 Å². The van der Waals surface area contributed by atoms with Gasteiger partial charge in [0.05, 0.1) is 14.7 Å². The van der Waals surface area contributed by atoms with Crippen LogP contribution in [0.3, 0.4) is 0 Å². The smallest absolute Gasteiger partial charge is 0.308 e. The molecule has 2 aromatic rings. The predicted molar refractivity (Wildman–Crippen MR) is 82.6 cm³/mol. The van der Waals surface area contributed by atoms with Gasteiger partial charge in [0.15, 0.2) is 0 Å². The first kappa shape index (κ1) is 15.4. The van der Waals surface area contributed by atoms with Gasteiger partial charge in [0.2, 0.25) is 0 Å². The molecule has 0 bridgehead atoms. The van der Waals surface area contributed by atoms with Crippen molar-refractivity contribution in [2.45, 2.75) is 32.7 Å². The number of rotatable bonds is 2. The highest BCUT2D eigenvalue weighted by atomic mass is 79.9. The summed E-state index contributed by atoms with van der Waals surface area (Å²) in [7, 11) is 0. The first-order chi connectivity index (χ1) is 9.40. The molecule has 1 aliphatic carbocycles. The number of aromatic nitrogens is 1. The maximum atomic E-state index is 12.9. The van der Waals surface area contributed by atoms with E-state index in [2.05, 4.69) is 15.9 Å². The van der Waals surface area contributed by atoms with Crippen molar-refractivity contribution < 1.29 is 8.78 Å². The van der Waals surface area contributed by atoms with Crippen LogP contribution in [-0.4, -0.2) is 10.5 Å². The van der Waals surface area contributed by atoms with Crippen LogP contribution in [-0.2, 0) is 6.54 Å². The second-order valence-electron chi connectivity index (χ2n) is 4.46. The normalized spacial score (nSPS) is 19.6. The Morgan fingerprint density at radius 2 is 2.10 bits per heavy atom. The monoisotopic (exact) mass is 364 g/mol. The Morgan fingerprint density at radius 3 is 2.65 bits per heavy atom. The van der Waals surface area contributed by atoms with E-state index in [1.165, 1.54) is 4.57 Å². The predicted octanol–water partition coefficient (Wildman–Crippen LogP) is 4.09. The number of nitrogens with zero attached hydrogens (tertiary/aromatic N) is 1. The summed E-state index contributed by atoms with van der Waals surface area (Å²) in [6.07, 6.45) is -0.132. The van der Waals surface area contributed by atoms with Crippen LogP contribution in [0.25, 0.3) is 10.2 Å². The number of alkyl halides is 2. The maximum absolute atomic E-state index is 12.9. The Balaban J connectivity index is 0.000000704. The summed E-state index contributed by atoms with van der Waals surface area (Å²) in [5, 5.41) is 0. The molecule has 110 valence electrons. The van der Waals surface area contributed by atoms with E-state index in [0.29, 0.717) is 20.4 Å². The third kappa shape index (κ3) is 2.61. The van der Waals surface area contributed by atoms with E-state index < -0.39 is 11.8 Å². The van der Waals surface area contributed by atoms with Crippen LogP contribution in [0.15, 0.2) is 21.4 Å². The van der Waals surface area contributed by atoms with Crippen molar-refractivity contribution in [1.82, 2.24) is 4.57 Å². The van der Waals surface area contributed by atoms with Gasteiger partial charge >= 0.3 is 4.87 Å². The average molecular weight is 365 g/mol. The molecule has 2 N–H and O–H groups in total. The van der Waals surface area contributed by atoms with Gasteiger partial charge in [-0.05, 0) is 28.1 Å². The minimum Gasteiger partial charge on any atom is -0.398 e. The van der Waals surface area contributed by atoms with Gasteiger partial charge in [-0.1, -0.05) is 25.2 Å². The van der Waals surface area contributed by atoms with E-state index in [4.69, 9.17) is 5.73 Å². The second-order valence-corrected chi connectivity index (χ2v) is 6.21. The Kier molecular flexibility index (Phi) is 4.20. The van der Waals surface area contributed by atoms with Crippen LogP contribution in [0.4, 0.5) is 14.5 Å². The molecule has 0 saturated heterocycles. The molecular weight excluding hydrogens is 350 g/mol.